The number of thioether (sulfide) groups is 1. The molecule has 0 bridgehead atoms. The smallest absolute Gasteiger partial charge is 0.234 e. The molecule has 106 valence electrons. The standard InChI is InChI=1S/C16H19NO2S/c1-3-13-7-4-6-12(2)16(13)17-15(18)11-20-10-14-8-5-9-19-14/h4-9H,3,10-11H2,1-2H3,(H,17,18). The maximum Gasteiger partial charge on any atom is 0.234 e. The van der Waals surface area contributed by atoms with Crippen molar-refractivity contribution in [3.63, 3.8) is 0 Å². The van der Waals surface area contributed by atoms with Gasteiger partial charge in [-0.05, 0) is 36.6 Å². The van der Waals surface area contributed by atoms with Gasteiger partial charge in [-0.15, -0.1) is 11.8 Å². The van der Waals surface area contributed by atoms with E-state index in [-0.39, 0.29) is 5.91 Å². The van der Waals surface area contributed by atoms with Gasteiger partial charge in [-0.25, -0.2) is 0 Å². The molecule has 1 aromatic carbocycles. The van der Waals surface area contributed by atoms with E-state index in [4.69, 9.17) is 4.42 Å². The number of nitrogens with one attached hydrogen (secondary N) is 1. The predicted molar refractivity (Wildman–Crippen MR) is 84.1 cm³/mol. The Morgan fingerprint density at radius 2 is 2.15 bits per heavy atom. The first-order chi connectivity index (χ1) is 9.70. The largest absolute Gasteiger partial charge is 0.468 e. The molecule has 1 heterocycles. The lowest BCUT2D eigenvalue weighted by atomic mass is 10.1. The quantitative estimate of drug-likeness (QED) is 0.873. The summed E-state index contributed by atoms with van der Waals surface area (Å²) in [7, 11) is 0. The Bertz CT molecular complexity index is 564. The Balaban J connectivity index is 1.88. The fourth-order valence-electron chi connectivity index (χ4n) is 2.02. The van der Waals surface area contributed by atoms with Crippen molar-refractivity contribution in [2.75, 3.05) is 11.1 Å². The van der Waals surface area contributed by atoms with E-state index in [1.54, 1.807) is 18.0 Å². The summed E-state index contributed by atoms with van der Waals surface area (Å²) >= 11 is 1.55. The molecule has 2 aromatic rings. The average Bonchev–Trinajstić information content (AvgIpc) is 2.94. The summed E-state index contributed by atoms with van der Waals surface area (Å²) in [6.45, 7) is 4.11. The zero-order valence-corrected chi connectivity index (χ0v) is 12.6. The second kappa shape index (κ2) is 7.20. The van der Waals surface area contributed by atoms with Crippen LogP contribution in [0, 0.1) is 6.92 Å². The number of anilines is 1. The molecule has 0 unspecified atom stereocenters. The summed E-state index contributed by atoms with van der Waals surface area (Å²) < 4.78 is 5.24. The van der Waals surface area contributed by atoms with Crippen molar-refractivity contribution in [2.24, 2.45) is 0 Å². The Hall–Kier alpha value is -1.68. The summed E-state index contributed by atoms with van der Waals surface area (Å²) in [5.74, 6) is 2.08. The third-order valence-corrected chi connectivity index (χ3v) is 4.02. The van der Waals surface area contributed by atoms with E-state index in [1.807, 2.05) is 31.2 Å². The first-order valence-electron chi connectivity index (χ1n) is 6.69. The maximum absolute atomic E-state index is 12.0. The normalized spacial score (nSPS) is 10.5. The van der Waals surface area contributed by atoms with Gasteiger partial charge in [0, 0.05) is 5.69 Å². The summed E-state index contributed by atoms with van der Waals surface area (Å²) in [5.41, 5.74) is 3.24. The van der Waals surface area contributed by atoms with Gasteiger partial charge in [-0.1, -0.05) is 25.1 Å². The lowest BCUT2D eigenvalue weighted by Gasteiger charge is -2.12. The Kier molecular flexibility index (Phi) is 5.30. The second-order valence-corrected chi connectivity index (χ2v) is 5.57. The van der Waals surface area contributed by atoms with Crippen LogP contribution in [0.2, 0.25) is 0 Å². The molecule has 0 atom stereocenters. The molecule has 3 nitrogen and oxygen atoms in total. The molecule has 1 amide bonds. The van der Waals surface area contributed by atoms with Crippen LogP contribution in [0.1, 0.15) is 23.8 Å². The number of hydrogen-bond donors (Lipinski definition) is 1. The third kappa shape index (κ3) is 3.90. The minimum Gasteiger partial charge on any atom is -0.468 e. The molecule has 4 heteroatoms. The van der Waals surface area contributed by atoms with E-state index >= 15 is 0 Å². The SMILES string of the molecule is CCc1cccc(C)c1NC(=O)CSCc1ccco1. The highest BCUT2D eigenvalue weighted by Gasteiger charge is 2.09. The maximum atomic E-state index is 12.0. The van der Waals surface area contributed by atoms with Gasteiger partial charge in [0.15, 0.2) is 0 Å². The molecule has 0 aliphatic carbocycles. The molecule has 0 aliphatic heterocycles. The number of carbonyl (C=O) groups excluding carboxylic acids is 1. The minimum atomic E-state index is 0.0329. The highest BCUT2D eigenvalue weighted by atomic mass is 32.2. The topological polar surface area (TPSA) is 42.2 Å². The first kappa shape index (κ1) is 14.7. The van der Waals surface area contributed by atoms with E-state index in [1.165, 1.54) is 5.56 Å². The van der Waals surface area contributed by atoms with Crippen LogP contribution >= 0.6 is 11.8 Å². The molecule has 0 saturated heterocycles. The molecule has 0 radical (unpaired) electrons. The predicted octanol–water partition coefficient (Wildman–Crippen LogP) is 4.02. The van der Waals surface area contributed by atoms with Gasteiger partial charge in [0.1, 0.15) is 5.76 Å². The van der Waals surface area contributed by atoms with Crippen molar-refractivity contribution in [3.8, 4) is 0 Å². The molecule has 1 N–H and O–H groups in total. The summed E-state index contributed by atoms with van der Waals surface area (Å²) in [6.07, 6.45) is 2.56. The lowest BCUT2D eigenvalue weighted by molar-refractivity contribution is -0.113. The van der Waals surface area contributed by atoms with Crippen molar-refractivity contribution >= 4 is 23.4 Å². The Morgan fingerprint density at radius 3 is 2.85 bits per heavy atom. The van der Waals surface area contributed by atoms with E-state index in [0.717, 1.165) is 29.2 Å². The number of rotatable bonds is 6. The summed E-state index contributed by atoms with van der Waals surface area (Å²) in [4.78, 5) is 12.0. The molecule has 0 fully saturated rings. The monoisotopic (exact) mass is 289 g/mol. The van der Waals surface area contributed by atoms with Gasteiger partial charge in [-0.3, -0.25) is 4.79 Å². The number of para-hydroxylation sites is 1. The number of benzene rings is 1. The molecule has 0 aliphatic rings. The third-order valence-electron chi connectivity index (χ3n) is 3.06. The average molecular weight is 289 g/mol. The number of amides is 1. The zero-order chi connectivity index (χ0) is 14.4. The van der Waals surface area contributed by atoms with Crippen molar-refractivity contribution in [2.45, 2.75) is 26.0 Å². The van der Waals surface area contributed by atoms with Crippen molar-refractivity contribution < 1.29 is 9.21 Å². The molecule has 0 saturated carbocycles. The van der Waals surface area contributed by atoms with Crippen molar-refractivity contribution in [3.05, 3.63) is 53.5 Å². The van der Waals surface area contributed by atoms with Crippen molar-refractivity contribution in [1.82, 2.24) is 0 Å². The van der Waals surface area contributed by atoms with Gasteiger partial charge < -0.3 is 9.73 Å². The molecular formula is C16H19NO2S. The molecular weight excluding hydrogens is 270 g/mol. The van der Waals surface area contributed by atoms with Gasteiger partial charge in [0.05, 0.1) is 17.8 Å². The van der Waals surface area contributed by atoms with Crippen LogP contribution in [-0.2, 0) is 17.0 Å². The van der Waals surface area contributed by atoms with Gasteiger partial charge >= 0.3 is 0 Å². The van der Waals surface area contributed by atoms with E-state index in [0.29, 0.717) is 5.75 Å². The number of furan rings is 1. The lowest BCUT2D eigenvalue weighted by Crippen LogP contribution is -2.16. The molecule has 0 spiro atoms. The van der Waals surface area contributed by atoms with Crippen LogP contribution in [0.4, 0.5) is 5.69 Å². The van der Waals surface area contributed by atoms with Crippen LogP contribution in [0.3, 0.4) is 0 Å². The Labute approximate surface area is 123 Å². The van der Waals surface area contributed by atoms with Crippen LogP contribution < -0.4 is 5.32 Å². The fraction of sp³-hybridized carbons (Fsp3) is 0.312. The van der Waals surface area contributed by atoms with Crippen molar-refractivity contribution in [1.29, 1.82) is 0 Å². The van der Waals surface area contributed by atoms with E-state index in [2.05, 4.69) is 18.3 Å². The highest BCUT2D eigenvalue weighted by molar-refractivity contribution is 7.99. The minimum absolute atomic E-state index is 0.0329. The number of carbonyl (C=O) groups is 1. The van der Waals surface area contributed by atoms with Gasteiger partial charge in [-0.2, -0.15) is 0 Å². The van der Waals surface area contributed by atoms with Crippen LogP contribution in [0.25, 0.3) is 0 Å². The van der Waals surface area contributed by atoms with E-state index in [9.17, 15) is 4.79 Å². The Morgan fingerprint density at radius 1 is 1.30 bits per heavy atom. The number of aryl methyl sites for hydroxylation is 2. The van der Waals surface area contributed by atoms with Crippen LogP contribution in [-0.4, -0.2) is 11.7 Å². The second-order valence-electron chi connectivity index (χ2n) is 4.58. The number of hydrogen-bond acceptors (Lipinski definition) is 3. The highest BCUT2D eigenvalue weighted by Crippen LogP contribution is 2.21. The van der Waals surface area contributed by atoms with E-state index < -0.39 is 0 Å². The first-order valence-corrected chi connectivity index (χ1v) is 7.84. The fourth-order valence-corrected chi connectivity index (χ4v) is 2.74. The van der Waals surface area contributed by atoms with Gasteiger partial charge in [0.25, 0.3) is 0 Å². The summed E-state index contributed by atoms with van der Waals surface area (Å²) in [6, 6.07) is 9.87. The zero-order valence-electron chi connectivity index (χ0n) is 11.8. The van der Waals surface area contributed by atoms with Crippen LogP contribution in [0.5, 0.6) is 0 Å². The molecule has 2 rings (SSSR count). The van der Waals surface area contributed by atoms with Gasteiger partial charge in [0.2, 0.25) is 5.91 Å². The molecule has 20 heavy (non-hydrogen) atoms. The van der Waals surface area contributed by atoms with Crippen LogP contribution in [0.15, 0.2) is 41.0 Å². The summed E-state index contributed by atoms with van der Waals surface area (Å²) in [5, 5.41) is 3.02. The molecule has 1 aromatic heterocycles.